The fourth-order valence-electron chi connectivity index (χ4n) is 2.56. The van der Waals surface area contributed by atoms with Crippen LogP contribution in [0.2, 0.25) is 0 Å². The van der Waals surface area contributed by atoms with Gasteiger partial charge in [-0.2, -0.15) is 0 Å². The summed E-state index contributed by atoms with van der Waals surface area (Å²) in [5.74, 6) is -0.437. The highest BCUT2D eigenvalue weighted by Crippen LogP contribution is 2.17. The van der Waals surface area contributed by atoms with Gasteiger partial charge in [0, 0.05) is 32.4 Å². The number of aromatic nitrogens is 2. The van der Waals surface area contributed by atoms with Crippen LogP contribution >= 0.6 is 0 Å². The van der Waals surface area contributed by atoms with Crippen LogP contribution in [0.5, 0.6) is 0 Å². The molecule has 0 aromatic carbocycles. The number of rotatable bonds is 2. The van der Waals surface area contributed by atoms with Crippen molar-refractivity contribution in [1.29, 1.82) is 0 Å². The van der Waals surface area contributed by atoms with Gasteiger partial charge in [0.05, 0.1) is 5.69 Å². The molecule has 3 rings (SSSR count). The second-order valence-corrected chi connectivity index (χ2v) is 4.88. The van der Waals surface area contributed by atoms with Gasteiger partial charge in [-0.25, -0.2) is 9.37 Å². The monoisotopic (exact) mass is 276 g/mol. The smallest absolute Gasteiger partial charge is 0.272 e. The first-order valence-corrected chi connectivity index (χ1v) is 6.87. The van der Waals surface area contributed by atoms with Crippen LogP contribution < -0.4 is 5.32 Å². The third-order valence-corrected chi connectivity index (χ3v) is 3.60. The minimum absolute atomic E-state index is 0.0681. The molecule has 1 amide bonds. The summed E-state index contributed by atoms with van der Waals surface area (Å²) >= 11 is 0. The van der Waals surface area contributed by atoms with E-state index in [0.29, 0.717) is 30.9 Å². The average Bonchev–Trinajstić information content (AvgIpc) is 2.85. The molecule has 0 saturated carbocycles. The lowest BCUT2D eigenvalue weighted by Gasteiger charge is -2.27. The normalized spacial score (nSPS) is 15.8. The Morgan fingerprint density at radius 3 is 2.85 bits per heavy atom. The molecule has 0 atom stereocenters. The lowest BCUT2D eigenvalue weighted by molar-refractivity contribution is 0.0727. The number of nitrogens with zero attached hydrogens (tertiary/aromatic N) is 3. The quantitative estimate of drug-likeness (QED) is 0.893. The van der Waals surface area contributed by atoms with Gasteiger partial charge < -0.3 is 10.2 Å². The van der Waals surface area contributed by atoms with Gasteiger partial charge >= 0.3 is 0 Å². The average molecular weight is 276 g/mol. The molecule has 0 aliphatic carbocycles. The number of aryl methyl sites for hydroxylation is 1. The lowest BCUT2D eigenvalue weighted by Crippen LogP contribution is -2.46. The van der Waals surface area contributed by atoms with Crippen LogP contribution in [-0.4, -0.2) is 46.4 Å². The van der Waals surface area contributed by atoms with Crippen LogP contribution in [0.15, 0.2) is 18.3 Å². The summed E-state index contributed by atoms with van der Waals surface area (Å²) in [7, 11) is 0. The van der Waals surface area contributed by atoms with Crippen LogP contribution in [0.4, 0.5) is 4.39 Å². The van der Waals surface area contributed by atoms with E-state index in [1.165, 1.54) is 12.3 Å². The predicted octanol–water partition coefficient (Wildman–Crippen LogP) is 1.08. The van der Waals surface area contributed by atoms with Crippen molar-refractivity contribution in [3.63, 3.8) is 0 Å². The summed E-state index contributed by atoms with van der Waals surface area (Å²) in [5.41, 5.74) is 1.82. The predicted molar refractivity (Wildman–Crippen MR) is 73.3 cm³/mol. The Morgan fingerprint density at radius 2 is 2.15 bits per heavy atom. The number of hydrogen-bond donors (Lipinski definition) is 1. The van der Waals surface area contributed by atoms with Crippen molar-refractivity contribution in [3.8, 4) is 0 Å². The van der Waals surface area contributed by atoms with Crippen LogP contribution in [0.1, 0.15) is 23.1 Å². The Morgan fingerprint density at radius 1 is 1.40 bits per heavy atom. The molecule has 1 saturated heterocycles. The second kappa shape index (κ2) is 5.20. The maximum absolute atomic E-state index is 13.5. The van der Waals surface area contributed by atoms with Crippen LogP contribution in [0.3, 0.4) is 0 Å². The molecule has 0 spiro atoms. The molecule has 20 heavy (non-hydrogen) atoms. The number of halogens is 1. The summed E-state index contributed by atoms with van der Waals surface area (Å²) in [6.07, 6.45) is 1.98. The number of piperazine rings is 1. The number of carbonyl (C=O) groups excluding carboxylic acids is 1. The lowest BCUT2D eigenvalue weighted by atomic mass is 10.2. The summed E-state index contributed by atoms with van der Waals surface area (Å²) < 4.78 is 15.0. The highest BCUT2D eigenvalue weighted by Gasteiger charge is 2.24. The van der Waals surface area contributed by atoms with Crippen molar-refractivity contribution in [3.05, 3.63) is 35.5 Å². The first-order valence-electron chi connectivity index (χ1n) is 6.87. The van der Waals surface area contributed by atoms with Crippen molar-refractivity contribution in [1.82, 2.24) is 19.6 Å². The number of nitrogens with one attached hydrogen (secondary N) is 1. The molecule has 2 aromatic rings. The SMILES string of the molecule is CCc1nc2ccc(F)cn2c1C(=O)N1CCNCC1. The van der Waals surface area contributed by atoms with Gasteiger partial charge in [0.2, 0.25) is 0 Å². The largest absolute Gasteiger partial charge is 0.335 e. The molecule has 0 unspecified atom stereocenters. The van der Waals surface area contributed by atoms with E-state index in [-0.39, 0.29) is 11.7 Å². The van der Waals surface area contributed by atoms with Crippen molar-refractivity contribution in [2.24, 2.45) is 0 Å². The summed E-state index contributed by atoms with van der Waals surface area (Å²) in [4.78, 5) is 18.9. The van der Waals surface area contributed by atoms with Crippen molar-refractivity contribution >= 4 is 11.6 Å². The number of hydrogen-bond acceptors (Lipinski definition) is 3. The Bertz CT molecular complexity index is 646. The first kappa shape index (κ1) is 13.1. The highest BCUT2D eigenvalue weighted by atomic mass is 19.1. The number of fused-ring (bicyclic) bond motifs is 1. The zero-order valence-electron chi connectivity index (χ0n) is 11.4. The van der Waals surface area contributed by atoms with E-state index in [4.69, 9.17) is 0 Å². The molecule has 1 fully saturated rings. The van der Waals surface area contributed by atoms with Gasteiger partial charge in [-0.05, 0) is 18.6 Å². The second-order valence-electron chi connectivity index (χ2n) is 4.88. The van der Waals surface area contributed by atoms with Gasteiger partial charge in [0.25, 0.3) is 5.91 Å². The molecule has 1 aliphatic heterocycles. The molecule has 5 nitrogen and oxygen atoms in total. The third kappa shape index (κ3) is 2.16. The summed E-state index contributed by atoms with van der Waals surface area (Å²) in [6, 6.07) is 2.96. The zero-order chi connectivity index (χ0) is 14.1. The molecule has 0 bridgehead atoms. The van der Waals surface area contributed by atoms with Gasteiger partial charge in [-0.15, -0.1) is 0 Å². The van der Waals surface area contributed by atoms with Gasteiger partial charge in [-0.1, -0.05) is 6.92 Å². The molecule has 0 radical (unpaired) electrons. The Hall–Kier alpha value is -1.95. The Kier molecular flexibility index (Phi) is 3.40. The van der Waals surface area contributed by atoms with E-state index in [0.717, 1.165) is 18.8 Å². The fourth-order valence-corrected chi connectivity index (χ4v) is 2.56. The van der Waals surface area contributed by atoms with Gasteiger partial charge in [0.15, 0.2) is 0 Å². The van der Waals surface area contributed by atoms with E-state index >= 15 is 0 Å². The molecule has 2 aromatic heterocycles. The summed E-state index contributed by atoms with van der Waals surface area (Å²) in [6.45, 7) is 4.87. The van der Waals surface area contributed by atoms with Crippen LogP contribution in [0, 0.1) is 5.82 Å². The molecule has 106 valence electrons. The van der Waals surface area contributed by atoms with Crippen LogP contribution in [-0.2, 0) is 6.42 Å². The van der Waals surface area contributed by atoms with E-state index in [9.17, 15) is 9.18 Å². The molecule has 1 aliphatic rings. The van der Waals surface area contributed by atoms with Crippen LogP contribution in [0.25, 0.3) is 5.65 Å². The Balaban J connectivity index is 2.08. The molecule has 1 N–H and O–H groups in total. The topological polar surface area (TPSA) is 49.6 Å². The molecule has 6 heteroatoms. The fraction of sp³-hybridized carbons (Fsp3) is 0.429. The van der Waals surface area contributed by atoms with Gasteiger partial charge in [-0.3, -0.25) is 9.20 Å². The van der Waals surface area contributed by atoms with Gasteiger partial charge in [0.1, 0.15) is 17.2 Å². The van der Waals surface area contributed by atoms with E-state index in [1.807, 2.05) is 6.92 Å². The number of carbonyl (C=O) groups is 1. The van der Waals surface area contributed by atoms with Crippen molar-refractivity contribution < 1.29 is 9.18 Å². The number of amides is 1. The number of pyridine rings is 1. The maximum Gasteiger partial charge on any atom is 0.272 e. The number of imidazole rings is 1. The first-order chi connectivity index (χ1) is 9.70. The standard InChI is InChI=1S/C14H17FN4O/c1-2-11-13(14(20)18-7-5-16-6-8-18)19-9-10(15)3-4-12(19)17-11/h3-4,9,16H,2,5-8H2,1H3. The zero-order valence-corrected chi connectivity index (χ0v) is 11.4. The maximum atomic E-state index is 13.5. The van der Waals surface area contributed by atoms with E-state index in [2.05, 4.69) is 10.3 Å². The summed E-state index contributed by atoms with van der Waals surface area (Å²) in [5, 5.41) is 3.21. The highest BCUT2D eigenvalue weighted by molar-refractivity contribution is 5.94. The minimum Gasteiger partial charge on any atom is -0.335 e. The molecule has 3 heterocycles. The van der Waals surface area contributed by atoms with E-state index in [1.54, 1.807) is 15.4 Å². The van der Waals surface area contributed by atoms with Crippen molar-refractivity contribution in [2.45, 2.75) is 13.3 Å². The minimum atomic E-state index is -0.369. The van der Waals surface area contributed by atoms with E-state index < -0.39 is 0 Å². The molecular weight excluding hydrogens is 259 g/mol. The Labute approximate surface area is 116 Å². The van der Waals surface area contributed by atoms with Crippen molar-refractivity contribution in [2.75, 3.05) is 26.2 Å². The third-order valence-electron chi connectivity index (χ3n) is 3.60. The molecular formula is C14H17FN4O.